The van der Waals surface area contributed by atoms with Crippen LogP contribution in [-0.4, -0.2) is 24.3 Å². The van der Waals surface area contributed by atoms with Crippen LogP contribution >= 0.6 is 0 Å². The van der Waals surface area contributed by atoms with Crippen LogP contribution in [0.1, 0.15) is 13.3 Å². The van der Waals surface area contributed by atoms with E-state index in [-0.39, 0.29) is 18.2 Å². The summed E-state index contributed by atoms with van der Waals surface area (Å²) in [6.45, 7) is 1.59. The lowest BCUT2D eigenvalue weighted by Crippen LogP contribution is -2.35. The lowest BCUT2D eigenvalue weighted by atomic mass is 10.1. The van der Waals surface area contributed by atoms with Crippen LogP contribution in [0.3, 0.4) is 0 Å². The molecule has 0 radical (unpaired) electrons. The van der Waals surface area contributed by atoms with E-state index in [9.17, 15) is 13.2 Å². The second-order valence-electron chi connectivity index (χ2n) is 2.68. The number of carbonyl (C=O) groups is 1. The van der Waals surface area contributed by atoms with E-state index in [4.69, 9.17) is 4.55 Å². The van der Waals surface area contributed by atoms with Gasteiger partial charge in [-0.2, -0.15) is 8.42 Å². The predicted octanol–water partition coefficient (Wildman–Crippen LogP) is -0.644. The van der Waals surface area contributed by atoms with Gasteiger partial charge in [0.05, 0.1) is 0 Å². The van der Waals surface area contributed by atoms with Gasteiger partial charge in [0.15, 0.2) is 5.37 Å². The third-order valence-corrected chi connectivity index (χ3v) is 2.87. The molecule has 2 unspecified atom stereocenters. The maximum Gasteiger partial charge on any atom is 0.286 e. The molecule has 0 saturated carbocycles. The Morgan fingerprint density at radius 2 is 2.18 bits per heavy atom. The van der Waals surface area contributed by atoms with Crippen LogP contribution in [0.5, 0.6) is 0 Å². The van der Waals surface area contributed by atoms with Crippen molar-refractivity contribution >= 4 is 16.0 Å². The molecule has 1 heterocycles. The molecule has 1 fully saturated rings. The van der Waals surface area contributed by atoms with Crippen molar-refractivity contribution < 1.29 is 17.8 Å². The monoisotopic (exact) mass is 179 g/mol. The molecule has 2 N–H and O–H groups in total. The fourth-order valence-electron chi connectivity index (χ4n) is 1.13. The third kappa shape index (κ3) is 1.69. The van der Waals surface area contributed by atoms with Gasteiger partial charge in [-0.15, -0.1) is 0 Å². The van der Waals surface area contributed by atoms with Gasteiger partial charge in [0, 0.05) is 12.3 Å². The third-order valence-electron chi connectivity index (χ3n) is 1.65. The molecule has 1 rings (SSSR count). The lowest BCUT2D eigenvalue weighted by Gasteiger charge is -2.09. The second kappa shape index (κ2) is 2.46. The summed E-state index contributed by atoms with van der Waals surface area (Å²) >= 11 is 0. The van der Waals surface area contributed by atoms with Gasteiger partial charge in [-0.25, -0.2) is 0 Å². The Morgan fingerprint density at radius 3 is 2.36 bits per heavy atom. The maximum atomic E-state index is 10.6. The highest BCUT2D eigenvalue weighted by Crippen LogP contribution is 2.18. The van der Waals surface area contributed by atoms with E-state index in [1.807, 2.05) is 0 Å². The number of rotatable bonds is 1. The highest BCUT2D eigenvalue weighted by atomic mass is 32.2. The topological polar surface area (TPSA) is 83.5 Å². The van der Waals surface area contributed by atoms with Gasteiger partial charge in [0.25, 0.3) is 10.1 Å². The van der Waals surface area contributed by atoms with Crippen molar-refractivity contribution in [1.82, 2.24) is 5.32 Å². The Morgan fingerprint density at radius 1 is 1.64 bits per heavy atom. The molecule has 1 aliphatic heterocycles. The van der Waals surface area contributed by atoms with E-state index in [0.717, 1.165) is 0 Å². The molecule has 2 atom stereocenters. The first kappa shape index (κ1) is 8.48. The van der Waals surface area contributed by atoms with Crippen LogP contribution < -0.4 is 5.32 Å². The molecule has 5 nitrogen and oxygen atoms in total. The van der Waals surface area contributed by atoms with Gasteiger partial charge in [-0.3, -0.25) is 9.35 Å². The first-order chi connectivity index (χ1) is 4.91. The fraction of sp³-hybridized carbons (Fsp3) is 0.800. The zero-order valence-corrected chi connectivity index (χ0v) is 6.76. The smallest absolute Gasteiger partial charge is 0.286 e. The quantitative estimate of drug-likeness (QED) is 0.524. The molecule has 0 aromatic rings. The number of nitrogens with one attached hydrogen (secondary N) is 1. The Bertz CT molecular complexity index is 270. The average Bonchev–Trinajstić information content (AvgIpc) is 2.08. The van der Waals surface area contributed by atoms with Crippen molar-refractivity contribution in [3.05, 3.63) is 0 Å². The summed E-state index contributed by atoms with van der Waals surface area (Å²) in [5, 5.41) is 1.05. The summed E-state index contributed by atoms with van der Waals surface area (Å²) < 4.78 is 29.6. The highest BCUT2D eigenvalue weighted by Gasteiger charge is 2.37. The van der Waals surface area contributed by atoms with Crippen molar-refractivity contribution in [1.29, 1.82) is 0 Å². The molecule has 0 spiro atoms. The first-order valence-corrected chi connectivity index (χ1v) is 4.67. The van der Waals surface area contributed by atoms with E-state index < -0.39 is 15.5 Å². The van der Waals surface area contributed by atoms with Crippen molar-refractivity contribution in [3.8, 4) is 0 Å². The molecule has 0 aliphatic carbocycles. The number of carbonyl (C=O) groups excluding carboxylic acids is 1. The van der Waals surface area contributed by atoms with E-state index in [0.29, 0.717) is 0 Å². The van der Waals surface area contributed by atoms with Crippen LogP contribution in [0.2, 0.25) is 0 Å². The Kier molecular flexibility index (Phi) is 1.89. The fourth-order valence-corrected chi connectivity index (χ4v) is 2.09. The summed E-state index contributed by atoms with van der Waals surface area (Å²) in [5.74, 6) is -0.683. The van der Waals surface area contributed by atoms with Gasteiger partial charge < -0.3 is 5.32 Å². The molecule has 1 amide bonds. The highest BCUT2D eigenvalue weighted by molar-refractivity contribution is 7.86. The molecule has 1 saturated heterocycles. The molecule has 0 bridgehead atoms. The minimum Gasteiger partial charge on any atom is -0.337 e. The van der Waals surface area contributed by atoms with Gasteiger partial charge in [-0.05, 0) is 0 Å². The summed E-state index contributed by atoms with van der Waals surface area (Å²) in [4.78, 5) is 10.6. The molecular formula is C5H9NO4S. The molecule has 6 heteroatoms. The minimum absolute atomic E-state index is 0.157. The van der Waals surface area contributed by atoms with Crippen LogP contribution in [0, 0.1) is 5.92 Å². The van der Waals surface area contributed by atoms with Gasteiger partial charge in [0.1, 0.15) is 0 Å². The summed E-state index contributed by atoms with van der Waals surface area (Å²) in [6.07, 6.45) is 0.157. The Labute approximate surface area is 64.5 Å². The van der Waals surface area contributed by atoms with Crippen LogP contribution in [0.4, 0.5) is 0 Å². The number of hydrogen-bond acceptors (Lipinski definition) is 3. The number of hydrogen-bond donors (Lipinski definition) is 2. The zero-order chi connectivity index (χ0) is 8.65. The van der Waals surface area contributed by atoms with Crippen molar-refractivity contribution in [2.75, 3.05) is 0 Å². The standard InChI is InChI=1S/C5H9NO4S/c1-3-2-4(7)6-5(3)11(8,9)10/h3,5H,2H2,1H3,(H,6,7)(H,8,9,10). The largest absolute Gasteiger partial charge is 0.337 e. The summed E-state index contributed by atoms with van der Waals surface area (Å²) in [5.41, 5.74) is 0. The lowest BCUT2D eigenvalue weighted by molar-refractivity contribution is -0.119. The maximum absolute atomic E-state index is 10.6. The normalized spacial score (nSPS) is 32.0. The summed E-state index contributed by atoms with van der Waals surface area (Å²) in [7, 11) is -4.12. The van der Waals surface area contributed by atoms with Crippen molar-refractivity contribution in [2.45, 2.75) is 18.7 Å². The van der Waals surface area contributed by atoms with E-state index in [1.165, 1.54) is 0 Å². The van der Waals surface area contributed by atoms with Crippen molar-refractivity contribution in [2.24, 2.45) is 5.92 Å². The first-order valence-electron chi connectivity index (χ1n) is 3.17. The second-order valence-corrected chi connectivity index (χ2v) is 4.22. The molecular weight excluding hydrogens is 170 g/mol. The molecule has 64 valence electrons. The molecule has 1 aliphatic rings. The van der Waals surface area contributed by atoms with E-state index in [1.54, 1.807) is 6.92 Å². The van der Waals surface area contributed by atoms with E-state index in [2.05, 4.69) is 5.32 Å². The SMILES string of the molecule is CC1CC(=O)NC1S(=O)(=O)O. The average molecular weight is 179 g/mol. The Hall–Kier alpha value is -0.620. The number of amides is 1. The van der Waals surface area contributed by atoms with Gasteiger partial charge in [0.2, 0.25) is 5.91 Å². The van der Waals surface area contributed by atoms with Gasteiger partial charge in [-0.1, -0.05) is 6.92 Å². The van der Waals surface area contributed by atoms with Crippen molar-refractivity contribution in [3.63, 3.8) is 0 Å². The summed E-state index contributed by atoms with van der Waals surface area (Å²) in [6, 6.07) is 0. The van der Waals surface area contributed by atoms with Crippen LogP contribution in [0.15, 0.2) is 0 Å². The van der Waals surface area contributed by atoms with Crippen LogP contribution in [-0.2, 0) is 14.9 Å². The van der Waals surface area contributed by atoms with E-state index >= 15 is 0 Å². The van der Waals surface area contributed by atoms with Crippen LogP contribution in [0.25, 0.3) is 0 Å². The van der Waals surface area contributed by atoms with Gasteiger partial charge >= 0.3 is 0 Å². The zero-order valence-electron chi connectivity index (χ0n) is 5.94. The Balaban J connectivity index is 2.84. The molecule has 0 aromatic carbocycles. The minimum atomic E-state index is -4.12. The molecule has 0 aromatic heterocycles. The predicted molar refractivity (Wildman–Crippen MR) is 37.3 cm³/mol. The molecule has 11 heavy (non-hydrogen) atoms.